The van der Waals surface area contributed by atoms with Gasteiger partial charge in [-0.15, -0.1) is 0 Å². The summed E-state index contributed by atoms with van der Waals surface area (Å²) in [4.78, 5) is 11.1. The summed E-state index contributed by atoms with van der Waals surface area (Å²) in [6.45, 7) is 1.95. The summed E-state index contributed by atoms with van der Waals surface area (Å²) in [5.41, 5.74) is 2.11. The van der Waals surface area contributed by atoms with Crippen LogP contribution in [0.5, 0.6) is 11.5 Å². The number of ether oxygens (including phenoxy) is 2. The molecule has 5 nitrogen and oxygen atoms in total. The topological polar surface area (TPSA) is 47.5 Å². The Morgan fingerprint density at radius 1 is 0.962 bits per heavy atom. The lowest BCUT2D eigenvalue weighted by Gasteiger charge is -2.19. The number of aryl methyl sites for hydroxylation is 1. The first-order valence-corrected chi connectivity index (χ1v) is 8.68. The van der Waals surface area contributed by atoms with E-state index in [1.165, 1.54) is 0 Å². The molecule has 0 atom stereocenters. The number of hydrogen-bond donors (Lipinski definition) is 0. The summed E-state index contributed by atoms with van der Waals surface area (Å²) in [7, 11) is 6.97. The van der Waals surface area contributed by atoms with Gasteiger partial charge in [-0.05, 0) is 19.1 Å². The average molecular weight is 392 g/mol. The average Bonchev–Trinajstić information content (AvgIpc) is 2.61. The fourth-order valence-corrected chi connectivity index (χ4v) is 3.51. The molecule has 0 radical (unpaired) electrons. The number of aromatic nitrogens is 2. The summed E-state index contributed by atoms with van der Waals surface area (Å²) < 4.78 is 10.7. The molecule has 0 spiro atoms. The molecule has 7 heteroatoms. The molecule has 0 N–H and O–H groups in total. The Morgan fingerprint density at radius 3 is 2.12 bits per heavy atom. The maximum absolute atomic E-state index is 6.55. The van der Waals surface area contributed by atoms with Gasteiger partial charge in [0.25, 0.3) is 0 Å². The van der Waals surface area contributed by atoms with E-state index in [1.54, 1.807) is 20.3 Å². The lowest BCUT2D eigenvalue weighted by molar-refractivity contribution is 0.395. The second kappa shape index (κ2) is 7.17. The lowest BCUT2D eigenvalue weighted by atomic mass is 10.1. The number of anilines is 1. The van der Waals surface area contributed by atoms with E-state index in [4.69, 9.17) is 37.7 Å². The van der Waals surface area contributed by atoms with Gasteiger partial charge in [-0.1, -0.05) is 23.2 Å². The maximum Gasteiger partial charge on any atom is 0.141 e. The van der Waals surface area contributed by atoms with Crippen LogP contribution in [0.15, 0.2) is 24.4 Å². The summed E-state index contributed by atoms with van der Waals surface area (Å²) >= 11 is 13.1. The van der Waals surface area contributed by atoms with Gasteiger partial charge in [0.05, 0.1) is 30.0 Å². The number of rotatable bonds is 4. The maximum atomic E-state index is 6.55. The van der Waals surface area contributed by atoms with Crippen molar-refractivity contribution in [3.8, 4) is 22.8 Å². The predicted molar refractivity (Wildman–Crippen MR) is 107 cm³/mol. The quantitative estimate of drug-likeness (QED) is 0.626. The van der Waals surface area contributed by atoms with Crippen molar-refractivity contribution >= 4 is 39.8 Å². The molecule has 0 saturated heterocycles. The highest BCUT2D eigenvalue weighted by Crippen LogP contribution is 2.46. The SMILES string of the molecule is COc1cc(OC)c(Cl)c(-c2cc3cnc(C)cc3c(N(C)C)n2)c1Cl. The Morgan fingerprint density at radius 2 is 1.58 bits per heavy atom. The first-order chi connectivity index (χ1) is 12.4. The number of methoxy groups -OCH3 is 2. The van der Waals surface area contributed by atoms with Gasteiger partial charge in [0.2, 0.25) is 0 Å². The van der Waals surface area contributed by atoms with Gasteiger partial charge in [0.15, 0.2) is 0 Å². The van der Waals surface area contributed by atoms with E-state index in [0.29, 0.717) is 32.8 Å². The highest BCUT2D eigenvalue weighted by molar-refractivity contribution is 6.41. The largest absolute Gasteiger partial charge is 0.495 e. The minimum Gasteiger partial charge on any atom is -0.495 e. The van der Waals surface area contributed by atoms with Crippen molar-refractivity contribution < 1.29 is 9.47 Å². The van der Waals surface area contributed by atoms with E-state index in [2.05, 4.69) is 4.98 Å². The fourth-order valence-electron chi connectivity index (χ4n) is 2.81. The van der Waals surface area contributed by atoms with Crippen LogP contribution in [-0.2, 0) is 0 Å². The molecule has 3 aromatic rings. The zero-order chi connectivity index (χ0) is 19.0. The molecule has 1 aromatic carbocycles. The highest BCUT2D eigenvalue weighted by atomic mass is 35.5. The molecule has 0 aliphatic rings. The van der Waals surface area contributed by atoms with Crippen molar-refractivity contribution in [1.29, 1.82) is 0 Å². The van der Waals surface area contributed by atoms with Gasteiger partial charge in [-0.3, -0.25) is 4.98 Å². The number of pyridine rings is 2. The molecule has 2 heterocycles. The first-order valence-electron chi connectivity index (χ1n) is 7.92. The number of benzene rings is 1. The molecular formula is C19H19Cl2N3O2. The molecule has 0 saturated carbocycles. The van der Waals surface area contributed by atoms with Crippen LogP contribution in [0.2, 0.25) is 10.0 Å². The number of nitrogens with zero attached hydrogens (tertiary/aromatic N) is 3. The monoisotopic (exact) mass is 391 g/mol. The zero-order valence-corrected chi connectivity index (χ0v) is 16.7. The van der Waals surface area contributed by atoms with Crippen LogP contribution in [0.3, 0.4) is 0 Å². The van der Waals surface area contributed by atoms with Crippen LogP contribution in [0.4, 0.5) is 5.82 Å². The van der Waals surface area contributed by atoms with Crippen LogP contribution in [0.1, 0.15) is 5.69 Å². The Hall–Kier alpha value is -2.24. The van der Waals surface area contributed by atoms with Gasteiger partial charge in [0.1, 0.15) is 17.3 Å². The number of halogens is 2. The van der Waals surface area contributed by atoms with Crippen molar-refractivity contribution in [2.45, 2.75) is 6.92 Å². The molecule has 0 aliphatic heterocycles. The van der Waals surface area contributed by atoms with E-state index in [1.807, 2.05) is 44.2 Å². The minimum atomic E-state index is 0.384. The normalized spacial score (nSPS) is 10.9. The van der Waals surface area contributed by atoms with Crippen LogP contribution < -0.4 is 14.4 Å². The Balaban J connectivity index is 2.38. The van der Waals surface area contributed by atoms with Gasteiger partial charge < -0.3 is 14.4 Å². The third-order valence-corrected chi connectivity index (χ3v) is 4.83. The van der Waals surface area contributed by atoms with Gasteiger partial charge in [0, 0.05) is 48.4 Å². The number of fused-ring (bicyclic) bond motifs is 1. The summed E-state index contributed by atoms with van der Waals surface area (Å²) in [6, 6.07) is 5.59. The van der Waals surface area contributed by atoms with E-state index >= 15 is 0 Å². The summed E-state index contributed by atoms with van der Waals surface area (Å²) in [6.07, 6.45) is 1.82. The molecular weight excluding hydrogens is 373 g/mol. The van der Waals surface area contributed by atoms with Crippen LogP contribution in [0, 0.1) is 6.92 Å². The second-order valence-electron chi connectivity index (χ2n) is 6.06. The van der Waals surface area contributed by atoms with E-state index in [9.17, 15) is 0 Å². The van der Waals surface area contributed by atoms with Gasteiger partial charge in [-0.25, -0.2) is 4.98 Å². The van der Waals surface area contributed by atoms with Crippen molar-refractivity contribution in [1.82, 2.24) is 9.97 Å². The Kier molecular flexibility index (Phi) is 5.12. The summed E-state index contributed by atoms with van der Waals surface area (Å²) in [5, 5.41) is 2.72. The molecule has 0 unspecified atom stereocenters. The highest BCUT2D eigenvalue weighted by Gasteiger charge is 2.21. The Bertz CT molecular complexity index is 962. The lowest BCUT2D eigenvalue weighted by Crippen LogP contribution is -2.12. The van der Waals surface area contributed by atoms with Gasteiger partial charge in [-0.2, -0.15) is 0 Å². The molecule has 0 amide bonds. The second-order valence-corrected chi connectivity index (χ2v) is 6.81. The van der Waals surface area contributed by atoms with Crippen molar-refractivity contribution in [2.24, 2.45) is 0 Å². The standard InChI is InChI=1S/C19H19Cl2N3O2/c1-10-6-12-11(9-22-10)7-13(23-19(12)24(2)3)16-17(20)14(25-4)8-15(26-5)18(16)21/h6-9H,1-5H3. The first kappa shape index (κ1) is 18.5. The predicted octanol–water partition coefficient (Wildman–Crippen LogP) is 5.00. The van der Waals surface area contributed by atoms with Crippen molar-refractivity contribution in [3.63, 3.8) is 0 Å². The molecule has 2 aromatic heterocycles. The van der Waals surface area contributed by atoms with Crippen LogP contribution >= 0.6 is 23.2 Å². The molecule has 136 valence electrons. The molecule has 3 rings (SSSR count). The third kappa shape index (κ3) is 3.13. The zero-order valence-electron chi connectivity index (χ0n) is 15.2. The molecule has 0 bridgehead atoms. The molecule has 26 heavy (non-hydrogen) atoms. The minimum absolute atomic E-state index is 0.384. The Labute approximate surface area is 162 Å². The molecule has 0 aliphatic carbocycles. The van der Waals surface area contributed by atoms with Crippen LogP contribution in [-0.4, -0.2) is 38.3 Å². The van der Waals surface area contributed by atoms with E-state index in [-0.39, 0.29) is 0 Å². The van der Waals surface area contributed by atoms with Crippen molar-refractivity contribution in [2.75, 3.05) is 33.2 Å². The van der Waals surface area contributed by atoms with Crippen molar-refractivity contribution in [3.05, 3.63) is 40.1 Å². The number of hydrogen-bond acceptors (Lipinski definition) is 5. The summed E-state index contributed by atoms with van der Waals surface area (Å²) in [5.74, 6) is 1.74. The van der Waals surface area contributed by atoms with Crippen LogP contribution in [0.25, 0.3) is 22.0 Å². The van der Waals surface area contributed by atoms with E-state index < -0.39 is 0 Å². The van der Waals surface area contributed by atoms with E-state index in [0.717, 1.165) is 22.3 Å². The third-order valence-electron chi connectivity index (χ3n) is 4.08. The fraction of sp³-hybridized carbons (Fsp3) is 0.263. The smallest absolute Gasteiger partial charge is 0.141 e. The molecule has 0 fully saturated rings. The van der Waals surface area contributed by atoms with Gasteiger partial charge >= 0.3 is 0 Å².